The first kappa shape index (κ1) is 27.6. The fourth-order valence-corrected chi connectivity index (χ4v) is 5.86. The van der Waals surface area contributed by atoms with Crippen LogP contribution in [0.1, 0.15) is 44.7 Å². The number of nitrogens with zero attached hydrogens (tertiary/aromatic N) is 3. The van der Waals surface area contributed by atoms with Crippen LogP contribution in [0.5, 0.6) is 0 Å². The summed E-state index contributed by atoms with van der Waals surface area (Å²) in [7, 11) is 0. The second-order valence-electron chi connectivity index (χ2n) is 9.73. The van der Waals surface area contributed by atoms with Gasteiger partial charge in [-0.2, -0.15) is 0 Å². The minimum absolute atomic E-state index is 0.0105. The predicted octanol–water partition coefficient (Wildman–Crippen LogP) is 3.04. The molecule has 0 spiro atoms. The molecule has 13 heteroatoms. The number of furan rings is 1. The molecule has 210 valence electrons. The highest BCUT2D eigenvalue weighted by atomic mass is 35.5. The van der Waals surface area contributed by atoms with E-state index in [2.05, 4.69) is 15.7 Å². The number of aliphatic carboxylic acids is 1. The summed E-state index contributed by atoms with van der Waals surface area (Å²) in [6.07, 6.45) is 3.95. The maximum Gasteiger partial charge on any atom is 0.328 e. The standard InChI is InChI=1S/C27H28Cl2N6O5/c28-19-11-17-14-35(25(37)16-4-3-15-6-10-40-21(15)12-16)9-5-18(17)23(29)22(19)24(36)32-20(26(38)39)13-31-27(33-30)34-7-1-2-8-34/h3-4,6,10-12,20H,1-2,5,7-9,13-14,30H2,(H,31,33)(H,32,36)(H,38,39)/t20-/m0/s1. The van der Waals surface area contributed by atoms with Crippen LogP contribution in [0.2, 0.25) is 10.0 Å². The SMILES string of the molecule is N/N=C(\NC[C@H](NC(=O)c1c(Cl)cc2c(c1Cl)CCN(C(=O)c1ccc3ccoc3c1)C2)C(=O)O)N1CCCC1. The van der Waals surface area contributed by atoms with E-state index in [-0.39, 0.29) is 34.6 Å². The first-order chi connectivity index (χ1) is 19.3. The molecule has 1 saturated heterocycles. The largest absolute Gasteiger partial charge is 0.480 e. The minimum atomic E-state index is -1.30. The van der Waals surface area contributed by atoms with Crippen molar-refractivity contribution >= 4 is 57.9 Å². The van der Waals surface area contributed by atoms with Gasteiger partial charge in [-0.1, -0.05) is 29.3 Å². The zero-order chi connectivity index (χ0) is 28.4. The molecule has 5 rings (SSSR count). The van der Waals surface area contributed by atoms with Gasteiger partial charge in [0.05, 0.1) is 21.9 Å². The second kappa shape index (κ2) is 11.6. The highest BCUT2D eigenvalue weighted by molar-refractivity contribution is 6.40. The molecule has 0 bridgehead atoms. The zero-order valence-electron chi connectivity index (χ0n) is 21.5. The average molecular weight is 587 g/mol. The Labute approximate surface area is 239 Å². The Bertz CT molecular complexity index is 1500. The van der Waals surface area contributed by atoms with Crippen molar-refractivity contribution in [3.05, 3.63) is 68.9 Å². The van der Waals surface area contributed by atoms with Crippen molar-refractivity contribution in [1.82, 2.24) is 20.4 Å². The van der Waals surface area contributed by atoms with Crippen LogP contribution in [0.3, 0.4) is 0 Å². The fourth-order valence-electron chi connectivity index (χ4n) is 5.10. The highest BCUT2D eigenvalue weighted by Crippen LogP contribution is 2.35. The van der Waals surface area contributed by atoms with Gasteiger partial charge in [0.1, 0.15) is 11.6 Å². The first-order valence-corrected chi connectivity index (χ1v) is 13.6. The van der Waals surface area contributed by atoms with E-state index in [9.17, 15) is 19.5 Å². The van der Waals surface area contributed by atoms with Crippen molar-refractivity contribution in [3.63, 3.8) is 0 Å². The summed E-state index contributed by atoms with van der Waals surface area (Å²) >= 11 is 13.1. The van der Waals surface area contributed by atoms with E-state index < -0.39 is 17.9 Å². The number of hydrogen-bond acceptors (Lipinski definition) is 6. The van der Waals surface area contributed by atoms with Crippen LogP contribution >= 0.6 is 23.2 Å². The van der Waals surface area contributed by atoms with Crippen LogP contribution < -0.4 is 16.5 Å². The molecule has 1 atom stereocenters. The van der Waals surface area contributed by atoms with Crippen LogP contribution in [0, 0.1) is 0 Å². The van der Waals surface area contributed by atoms with Gasteiger partial charge in [0, 0.05) is 43.7 Å². The Balaban J connectivity index is 1.29. The number of halogens is 2. The summed E-state index contributed by atoms with van der Waals surface area (Å²) in [5.41, 5.74) is 2.53. The van der Waals surface area contributed by atoms with Crippen LogP contribution in [-0.4, -0.2) is 70.9 Å². The Kier molecular flexibility index (Phi) is 8.04. The van der Waals surface area contributed by atoms with Gasteiger partial charge >= 0.3 is 5.97 Å². The van der Waals surface area contributed by atoms with Gasteiger partial charge in [-0.15, -0.1) is 5.10 Å². The van der Waals surface area contributed by atoms with Crippen LogP contribution in [0.4, 0.5) is 0 Å². The summed E-state index contributed by atoms with van der Waals surface area (Å²) in [5.74, 6) is 3.72. The number of amides is 2. The van der Waals surface area contributed by atoms with E-state index in [0.717, 1.165) is 36.9 Å². The summed E-state index contributed by atoms with van der Waals surface area (Å²) in [6, 6.07) is 7.43. The molecular formula is C27H28Cl2N6O5. The van der Waals surface area contributed by atoms with Crippen molar-refractivity contribution in [2.45, 2.75) is 31.8 Å². The molecular weight excluding hydrogens is 559 g/mol. The molecule has 1 aromatic heterocycles. The molecule has 3 aromatic rings. The van der Waals surface area contributed by atoms with Gasteiger partial charge in [-0.3, -0.25) is 9.59 Å². The summed E-state index contributed by atoms with van der Waals surface area (Å²) in [6.45, 7) is 2.01. The number of carbonyl (C=O) groups is 3. The third-order valence-corrected chi connectivity index (χ3v) is 7.93. The van der Waals surface area contributed by atoms with Crippen LogP contribution in [0.25, 0.3) is 11.0 Å². The number of carboxylic acids is 1. The van der Waals surface area contributed by atoms with Gasteiger partial charge in [0.15, 0.2) is 0 Å². The maximum atomic E-state index is 13.2. The Morgan fingerprint density at radius 3 is 2.60 bits per heavy atom. The highest BCUT2D eigenvalue weighted by Gasteiger charge is 2.30. The predicted molar refractivity (Wildman–Crippen MR) is 150 cm³/mol. The van der Waals surface area contributed by atoms with Crippen LogP contribution in [-0.2, 0) is 17.8 Å². The van der Waals surface area contributed by atoms with E-state index in [1.165, 1.54) is 0 Å². The summed E-state index contributed by atoms with van der Waals surface area (Å²) < 4.78 is 5.42. The van der Waals surface area contributed by atoms with E-state index in [1.54, 1.807) is 29.4 Å². The number of carboxylic acid groups (broad SMARTS) is 1. The van der Waals surface area contributed by atoms with E-state index >= 15 is 0 Å². The number of hydrogen-bond donors (Lipinski definition) is 4. The van der Waals surface area contributed by atoms with E-state index in [4.69, 9.17) is 33.5 Å². The fraction of sp³-hybridized carbons (Fsp3) is 0.333. The molecule has 1 fully saturated rings. The van der Waals surface area contributed by atoms with Crippen LogP contribution in [0.15, 0.2) is 46.1 Å². The Morgan fingerprint density at radius 2 is 1.88 bits per heavy atom. The van der Waals surface area contributed by atoms with Crippen molar-refractivity contribution in [2.24, 2.45) is 10.9 Å². The molecule has 0 aliphatic carbocycles. The molecule has 11 nitrogen and oxygen atoms in total. The molecule has 0 radical (unpaired) electrons. The molecule has 40 heavy (non-hydrogen) atoms. The first-order valence-electron chi connectivity index (χ1n) is 12.8. The van der Waals surface area contributed by atoms with Gasteiger partial charge in [-0.05, 0) is 54.7 Å². The van der Waals surface area contributed by atoms with Gasteiger partial charge < -0.3 is 35.8 Å². The number of carbonyl (C=O) groups excluding carboxylic acids is 2. The molecule has 5 N–H and O–H groups in total. The third-order valence-electron chi connectivity index (χ3n) is 7.22. The normalized spacial score (nSPS) is 16.1. The van der Waals surface area contributed by atoms with Crippen molar-refractivity contribution in [1.29, 1.82) is 0 Å². The quantitative estimate of drug-likeness (QED) is 0.149. The molecule has 0 saturated carbocycles. The number of rotatable bonds is 6. The maximum absolute atomic E-state index is 13.2. The molecule has 2 aromatic carbocycles. The lowest BCUT2D eigenvalue weighted by atomic mass is 9.96. The number of guanidine groups is 1. The number of nitrogens with one attached hydrogen (secondary N) is 2. The summed E-state index contributed by atoms with van der Waals surface area (Å²) in [5, 5.41) is 20.0. The van der Waals surface area contributed by atoms with E-state index in [1.807, 2.05) is 17.0 Å². The minimum Gasteiger partial charge on any atom is -0.480 e. The Hall–Kier alpha value is -3.96. The molecule has 0 unspecified atom stereocenters. The van der Waals surface area contributed by atoms with Crippen molar-refractivity contribution < 1.29 is 23.9 Å². The number of benzene rings is 2. The third kappa shape index (κ3) is 5.52. The number of hydrazone groups is 1. The Morgan fingerprint density at radius 1 is 1.10 bits per heavy atom. The molecule has 2 amide bonds. The smallest absolute Gasteiger partial charge is 0.328 e. The van der Waals surface area contributed by atoms with E-state index in [0.29, 0.717) is 35.6 Å². The topological polar surface area (TPSA) is 154 Å². The van der Waals surface area contributed by atoms with Gasteiger partial charge in [0.2, 0.25) is 5.96 Å². The lowest BCUT2D eigenvalue weighted by Crippen LogP contribution is -2.51. The summed E-state index contributed by atoms with van der Waals surface area (Å²) in [4.78, 5) is 41.9. The van der Waals surface area contributed by atoms with Gasteiger partial charge in [-0.25, -0.2) is 4.79 Å². The number of nitrogens with two attached hydrogens (primary N) is 1. The number of likely N-dealkylation sites (tertiary alicyclic amines) is 1. The average Bonchev–Trinajstić information content (AvgIpc) is 3.64. The molecule has 3 heterocycles. The second-order valence-corrected chi connectivity index (χ2v) is 10.5. The lowest BCUT2D eigenvalue weighted by molar-refractivity contribution is -0.139. The van der Waals surface area contributed by atoms with Crippen molar-refractivity contribution in [3.8, 4) is 0 Å². The zero-order valence-corrected chi connectivity index (χ0v) is 23.0. The monoisotopic (exact) mass is 586 g/mol. The molecule has 2 aliphatic heterocycles. The molecule has 2 aliphatic rings. The number of fused-ring (bicyclic) bond motifs is 2. The lowest BCUT2D eigenvalue weighted by Gasteiger charge is -2.30. The van der Waals surface area contributed by atoms with Crippen molar-refractivity contribution in [2.75, 3.05) is 26.2 Å². The van der Waals surface area contributed by atoms with Gasteiger partial charge in [0.25, 0.3) is 11.8 Å².